The zero-order valence-corrected chi connectivity index (χ0v) is 13.0. The predicted molar refractivity (Wildman–Crippen MR) is 83.1 cm³/mol. The molecule has 114 valence electrons. The Kier molecular flexibility index (Phi) is 4.50. The summed E-state index contributed by atoms with van der Waals surface area (Å²) in [6.07, 6.45) is 8.50. The monoisotopic (exact) mass is 306 g/mol. The molecule has 2 atom stereocenters. The second-order valence-corrected chi connectivity index (χ2v) is 7.16. The van der Waals surface area contributed by atoms with Crippen molar-refractivity contribution in [3.8, 4) is 0 Å². The van der Waals surface area contributed by atoms with Gasteiger partial charge in [-0.3, -0.25) is 9.78 Å². The Hall–Kier alpha value is -1.07. The lowest BCUT2D eigenvalue weighted by molar-refractivity contribution is -0.140. The zero-order chi connectivity index (χ0) is 14.7. The van der Waals surface area contributed by atoms with Gasteiger partial charge in [-0.15, -0.1) is 11.8 Å². The van der Waals surface area contributed by atoms with Crippen molar-refractivity contribution in [2.45, 2.75) is 42.6 Å². The van der Waals surface area contributed by atoms with Crippen molar-refractivity contribution in [2.24, 2.45) is 5.92 Å². The molecule has 4 nitrogen and oxygen atoms in total. The van der Waals surface area contributed by atoms with Crippen LogP contribution in [0.3, 0.4) is 0 Å². The summed E-state index contributed by atoms with van der Waals surface area (Å²) < 4.78 is 0. The SMILES string of the molecule is O=C(CSc1ccncc1)N1CC[C@@]2(O)CCCC[C@H]2C1. The maximum Gasteiger partial charge on any atom is 0.232 e. The minimum atomic E-state index is -0.507. The fraction of sp³-hybridized carbons (Fsp3) is 0.625. The molecule has 2 heterocycles. The number of hydrogen-bond donors (Lipinski definition) is 1. The summed E-state index contributed by atoms with van der Waals surface area (Å²) in [5.41, 5.74) is -0.507. The minimum absolute atomic E-state index is 0.185. The number of aromatic nitrogens is 1. The first-order valence-corrected chi connectivity index (χ1v) is 8.69. The third-order valence-corrected chi connectivity index (χ3v) is 5.79. The number of hydrogen-bond acceptors (Lipinski definition) is 4. The minimum Gasteiger partial charge on any atom is -0.389 e. The van der Waals surface area contributed by atoms with E-state index in [0.29, 0.717) is 12.3 Å². The summed E-state index contributed by atoms with van der Waals surface area (Å²) in [5.74, 6) is 0.925. The Morgan fingerprint density at radius 2 is 2.19 bits per heavy atom. The Bertz CT molecular complexity index is 496. The van der Waals surface area contributed by atoms with Crippen molar-refractivity contribution in [1.29, 1.82) is 0 Å². The first-order valence-electron chi connectivity index (χ1n) is 7.70. The summed E-state index contributed by atoms with van der Waals surface area (Å²) in [5, 5.41) is 10.6. The van der Waals surface area contributed by atoms with Crippen LogP contribution in [0, 0.1) is 5.92 Å². The van der Waals surface area contributed by atoms with Crippen molar-refractivity contribution >= 4 is 17.7 Å². The van der Waals surface area contributed by atoms with Crippen LogP contribution in [-0.4, -0.2) is 45.3 Å². The van der Waals surface area contributed by atoms with Crippen LogP contribution < -0.4 is 0 Å². The van der Waals surface area contributed by atoms with Crippen molar-refractivity contribution in [1.82, 2.24) is 9.88 Å². The smallest absolute Gasteiger partial charge is 0.232 e. The largest absolute Gasteiger partial charge is 0.389 e. The highest BCUT2D eigenvalue weighted by molar-refractivity contribution is 8.00. The molecular weight excluding hydrogens is 284 g/mol. The number of piperidine rings is 1. The quantitative estimate of drug-likeness (QED) is 0.871. The molecule has 1 saturated heterocycles. The lowest BCUT2D eigenvalue weighted by atomic mass is 9.71. The molecule has 0 aromatic carbocycles. The average Bonchev–Trinajstić information content (AvgIpc) is 2.52. The predicted octanol–water partition coefficient (Wildman–Crippen LogP) is 2.33. The van der Waals surface area contributed by atoms with E-state index in [1.54, 1.807) is 24.2 Å². The normalized spacial score (nSPS) is 29.0. The van der Waals surface area contributed by atoms with Crippen molar-refractivity contribution < 1.29 is 9.90 Å². The van der Waals surface area contributed by atoms with Gasteiger partial charge in [-0.05, 0) is 31.4 Å². The average molecular weight is 306 g/mol. The van der Waals surface area contributed by atoms with E-state index in [2.05, 4.69) is 4.98 Å². The second kappa shape index (κ2) is 6.36. The topological polar surface area (TPSA) is 53.4 Å². The molecule has 0 bridgehead atoms. The van der Waals surface area contributed by atoms with E-state index in [4.69, 9.17) is 0 Å². The number of aliphatic hydroxyl groups is 1. The van der Waals surface area contributed by atoms with Crippen molar-refractivity contribution in [2.75, 3.05) is 18.8 Å². The van der Waals surface area contributed by atoms with Crippen LogP contribution in [-0.2, 0) is 4.79 Å². The molecule has 0 unspecified atom stereocenters. The Morgan fingerprint density at radius 1 is 1.38 bits per heavy atom. The van der Waals surface area contributed by atoms with E-state index in [-0.39, 0.29) is 11.8 Å². The standard InChI is InChI=1S/C16H22N2O2S/c19-15(12-21-14-4-8-17-9-5-14)18-10-7-16(20)6-2-1-3-13(16)11-18/h4-5,8-9,13,20H,1-3,6-7,10-12H2/t13-,16-/m0/s1. The Labute approximate surface area is 129 Å². The Balaban J connectivity index is 1.54. The number of nitrogens with zero attached hydrogens (tertiary/aromatic N) is 2. The highest BCUT2D eigenvalue weighted by Crippen LogP contribution is 2.39. The molecule has 3 rings (SSSR count). The molecule has 1 N–H and O–H groups in total. The highest BCUT2D eigenvalue weighted by Gasteiger charge is 2.43. The van der Waals surface area contributed by atoms with Crippen molar-refractivity contribution in [3.05, 3.63) is 24.5 Å². The fourth-order valence-electron chi connectivity index (χ4n) is 3.47. The molecule has 1 aromatic rings. The number of amides is 1. The maximum atomic E-state index is 12.4. The van der Waals surface area contributed by atoms with Crippen LogP contribution in [0.2, 0.25) is 0 Å². The molecule has 1 aromatic heterocycles. The van der Waals surface area contributed by atoms with Crippen LogP contribution >= 0.6 is 11.8 Å². The van der Waals surface area contributed by atoms with E-state index in [9.17, 15) is 9.90 Å². The summed E-state index contributed by atoms with van der Waals surface area (Å²) in [7, 11) is 0. The number of fused-ring (bicyclic) bond motifs is 1. The molecule has 5 heteroatoms. The van der Waals surface area contributed by atoms with Gasteiger partial charge in [0.25, 0.3) is 0 Å². The third-order valence-electron chi connectivity index (χ3n) is 4.79. The van der Waals surface area contributed by atoms with E-state index >= 15 is 0 Å². The Morgan fingerprint density at radius 3 is 3.00 bits per heavy atom. The van der Waals surface area contributed by atoms with Gasteiger partial charge in [0.1, 0.15) is 0 Å². The van der Waals surface area contributed by atoms with Gasteiger partial charge < -0.3 is 10.0 Å². The number of carbonyl (C=O) groups is 1. The number of pyridine rings is 1. The van der Waals surface area contributed by atoms with Gasteiger partial charge in [0, 0.05) is 36.3 Å². The molecular formula is C16H22N2O2S. The van der Waals surface area contributed by atoms with Gasteiger partial charge in [0.05, 0.1) is 11.4 Å². The van der Waals surface area contributed by atoms with Gasteiger partial charge in [-0.1, -0.05) is 12.8 Å². The first kappa shape index (κ1) is 14.9. The summed E-state index contributed by atoms with van der Waals surface area (Å²) in [4.78, 5) is 19.4. The first-order chi connectivity index (χ1) is 10.2. The molecule has 2 fully saturated rings. The van der Waals surface area contributed by atoms with Gasteiger partial charge in [-0.25, -0.2) is 0 Å². The molecule has 1 aliphatic carbocycles. The van der Waals surface area contributed by atoms with Crippen LogP contribution in [0.5, 0.6) is 0 Å². The number of rotatable bonds is 3. The summed E-state index contributed by atoms with van der Waals surface area (Å²) >= 11 is 1.56. The molecule has 1 amide bonds. The molecule has 1 saturated carbocycles. The second-order valence-electron chi connectivity index (χ2n) is 6.11. The highest BCUT2D eigenvalue weighted by atomic mass is 32.2. The molecule has 0 spiro atoms. The van der Waals surface area contributed by atoms with E-state index in [0.717, 1.165) is 37.1 Å². The third kappa shape index (κ3) is 3.40. The van der Waals surface area contributed by atoms with Gasteiger partial charge in [0.2, 0.25) is 5.91 Å². The lowest BCUT2D eigenvalue weighted by Gasteiger charge is -2.47. The van der Waals surface area contributed by atoms with Crippen LogP contribution in [0.15, 0.2) is 29.4 Å². The molecule has 0 radical (unpaired) electrons. The summed E-state index contributed by atoms with van der Waals surface area (Å²) in [6.45, 7) is 1.43. The van der Waals surface area contributed by atoms with Crippen molar-refractivity contribution in [3.63, 3.8) is 0 Å². The zero-order valence-electron chi connectivity index (χ0n) is 12.2. The summed E-state index contributed by atoms with van der Waals surface area (Å²) in [6, 6.07) is 3.85. The van der Waals surface area contributed by atoms with Crippen LogP contribution in [0.1, 0.15) is 32.1 Å². The van der Waals surface area contributed by atoms with E-state index < -0.39 is 5.60 Å². The van der Waals surface area contributed by atoms with Gasteiger partial charge in [-0.2, -0.15) is 0 Å². The van der Waals surface area contributed by atoms with E-state index in [1.165, 1.54) is 6.42 Å². The van der Waals surface area contributed by atoms with E-state index in [1.807, 2.05) is 17.0 Å². The number of likely N-dealkylation sites (tertiary alicyclic amines) is 1. The molecule has 21 heavy (non-hydrogen) atoms. The van der Waals surface area contributed by atoms with Crippen LogP contribution in [0.25, 0.3) is 0 Å². The van der Waals surface area contributed by atoms with Gasteiger partial charge in [0.15, 0.2) is 0 Å². The molecule has 1 aliphatic heterocycles. The maximum absolute atomic E-state index is 12.4. The number of thioether (sulfide) groups is 1. The van der Waals surface area contributed by atoms with Gasteiger partial charge >= 0.3 is 0 Å². The number of carbonyl (C=O) groups excluding carboxylic acids is 1. The lowest BCUT2D eigenvalue weighted by Crippen LogP contribution is -2.55. The van der Waals surface area contributed by atoms with Crippen LogP contribution in [0.4, 0.5) is 0 Å². The fourth-order valence-corrected chi connectivity index (χ4v) is 4.26. The molecule has 2 aliphatic rings.